The maximum atomic E-state index is 13.6. The van der Waals surface area contributed by atoms with Gasteiger partial charge in [0.2, 0.25) is 5.91 Å². The molecule has 0 radical (unpaired) electrons. The summed E-state index contributed by atoms with van der Waals surface area (Å²) in [7, 11) is 0. The lowest BCUT2D eigenvalue weighted by Gasteiger charge is -2.34. The maximum absolute atomic E-state index is 13.6. The van der Waals surface area contributed by atoms with Crippen LogP contribution in [-0.2, 0) is 9.59 Å². The number of rotatable bonds is 7. The number of hydrogen-bond donors (Lipinski definition) is 1. The maximum Gasteiger partial charge on any atom is 0.265 e. The Labute approximate surface area is 227 Å². The quantitative estimate of drug-likeness (QED) is 0.418. The number of anilines is 1. The van der Waals surface area contributed by atoms with E-state index in [1.54, 1.807) is 19.1 Å². The van der Waals surface area contributed by atoms with Crippen LogP contribution in [0.5, 0.6) is 5.75 Å². The Hall–Kier alpha value is -3.06. The SMILES string of the molecule is CC(C(=O)NC(CN1CCCC1)c1ccc(-c2ccccc2)cc1)N1C(=O)COc2cc(Cl)c(Cl)cc21. The predicted molar refractivity (Wildman–Crippen MR) is 147 cm³/mol. The summed E-state index contributed by atoms with van der Waals surface area (Å²) in [6.45, 7) is 4.28. The second kappa shape index (κ2) is 11.1. The molecule has 2 amide bonds. The number of likely N-dealkylation sites (tertiary alicyclic amines) is 1. The van der Waals surface area contributed by atoms with E-state index in [1.807, 2.05) is 18.2 Å². The number of ether oxygens (including phenoxy) is 1. The first kappa shape index (κ1) is 25.6. The van der Waals surface area contributed by atoms with Gasteiger partial charge in [0.15, 0.2) is 6.61 Å². The van der Waals surface area contributed by atoms with E-state index >= 15 is 0 Å². The molecular weight excluding hydrogens is 509 g/mol. The second-order valence-electron chi connectivity index (χ2n) is 9.52. The minimum absolute atomic E-state index is 0.166. The molecule has 5 rings (SSSR count). The summed E-state index contributed by atoms with van der Waals surface area (Å²) < 4.78 is 5.55. The molecule has 2 unspecified atom stereocenters. The van der Waals surface area contributed by atoms with Crippen molar-refractivity contribution in [1.29, 1.82) is 0 Å². The Bertz CT molecular complexity index is 1280. The molecule has 2 aliphatic rings. The Kier molecular flexibility index (Phi) is 7.70. The summed E-state index contributed by atoms with van der Waals surface area (Å²) in [4.78, 5) is 30.2. The molecule has 37 heavy (non-hydrogen) atoms. The number of carbonyl (C=O) groups is 2. The molecule has 2 atom stereocenters. The lowest BCUT2D eigenvalue weighted by Crippen LogP contribution is -2.52. The largest absolute Gasteiger partial charge is 0.482 e. The van der Waals surface area contributed by atoms with Gasteiger partial charge in [-0.25, -0.2) is 0 Å². The molecule has 2 heterocycles. The number of halogens is 2. The average Bonchev–Trinajstić information content (AvgIpc) is 3.43. The predicted octanol–water partition coefficient (Wildman–Crippen LogP) is 5.73. The summed E-state index contributed by atoms with van der Waals surface area (Å²) in [6, 6.07) is 20.7. The van der Waals surface area contributed by atoms with Crippen molar-refractivity contribution < 1.29 is 14.3 Å². The zero-order valence-corrected chi connectivity index (χ0v) is 22.1. The number of hydrogen-bond acceptors (Lipinski definition) is 4. The van der Waals surface area contributed by atoms with Gasteiger partial charge in [-0.2, -0.15) is 0 Å². The van der Waals surface area contributed by atoms with E-state index < -0.39 is 6.04 Å². The van der Waals surface area contributed by atoms with Gasteiger partial charge in [0.1, 0.15) is 11.8 Å². The van der Waals surface area contributed by atoms with E-state index in [0.717, 1.165) is 42.6 Å². The van der Waals surface area contributed by atoms with Gasteiger partial charge < -0.3 is 15.0 Å². The molecule has 8 heteroatoms. The molecule has 0 aliphatic carbocycles. The lowest BCUT2D eigenvalue weighted by molar-refractivity contribution is -0.128. The van der Waals surface area contributed by atoms with E-state index in [-0.39, 0.29) is 24.5 Å². The molecule has 1 saturated heterocycles. The molecule has 192 valence electrons. The van der Waals surface area contributed by atoms with Crippen LogP contribution in [0.15, 0.2) is 66.7 Å². The van der Waals surface area contributed by atoms with E-state index in [9.17, 15) is 9.59 Å². The number of carbonyl (C=O) groups excluding carboxylic acids is 2. The third-order valence-electron chi connectivity index (χ3n) is 7.02. The summed E-state index contributed by atoms with van der Waals surface area (Å²) >= 11 is 12.4. The highest BCUT2D eigenvalue weighted by Gasteiger charge is 2.35. The van der Waals surface area contributed by atoms with E-state index in [4.69, 9.17) is 27.9 Å². The fourth-order valence-electron chi connectivity index (χ4n) is 5.00. The van der Waals surface area contributed by atoms with Crippen molar-refractivity contribution in [3.8, 4) is 16.9 Å². The summed E-state index contributed by atoms with van der Waals surface area (Å²) in [5.41, 5.74) is 3.73. The normalized spacial score (nSPS) is 17.2. The molecule has 0 aromatic heterocycles. The number of nitrogens with zero attached hydrogens (tertiary/aromatic N) is 2. The molecule has 1 fully saturated rings. The topological polar surface area (TPSA) is 61.9 Å². The van der Waals surface area contributed by atoms with Gasteiger partial charge in [-0.15, -0.1) is 0 Å². The second-order valence-corrected chi connectivity index (χ2v) is 10.3. The van der Waals surface area contributed by atoms with Gasteiger partial charge in [-0.05, 0) is 55.6 Å². The Morgan fingerprint density at radius 2 is 1.62 bits per heavy atom. The Morgan fingerprint density at radius 1 is 0.973 bits per heavy atom. The fraction of sp³-hybridized carbons (Fsp3) is 0.310. The molecule has 3 aromatic carbocycles. The molecule has 2 aliphatic heterocycles. The van der Waals surface area contributed by atoms with Crippen molar-refractivity contribution in [2.45, 2.75) is 31.8 Å². The first-order valence-corrected chi connectivity index (χ1v) is 13.3. The van der Waals surface area contributed by atoms with Crippen LogP contribution in [0.4, 0.5) is 5.69 Å². The van der Waals surface area contributed by atoms with Crippen molar-refractivity contribution in [1.82, 2.24) is 10.2 Å². The molecule has 0 spiro atoms. The van der Waals surface area contributed by atoms with Crippen molar-refractivity contribution in [3.05, 3.63) is 82.3 Å². The number of benzene rings is 3. The van der Waals surface area contributed by atoms with Crippen LogP contribution in [-0.4, -0.2) is 49.0 Å². The minimum atomic E-state index is -0.767. The smallest absolute Gasteiger partial charge is 0.265 e. The van der Waals surface area contributed by atoms with Crippen molar-refractivity contribution in [2.24, 2.45) is 0 Å². The van der Waals surface area contributed by atoms with Gasteiger partial charge in [0.05, 0.1) is 21.8 Å². The van der Waals surface area contributed by atoms with Gasteiger partial charge in [0, 0.05) is 12.6 Å². The molecule has 1 N–H and O–H groups in total. The van der Waals surface area contributed by atoms with Crippen molar-refractivity contribution in [2.75, 3.05) is 31.1 Å². The fourth-order valence-corrected chi connectivity index (χ4v) is 5.31. The van der Waals surface area contributed by atoms with Gasteiger partial charge >= 0.3 is 0 Å². The van der Waals surface area contributed by atoms with E-state index in [2.05, 4.69) is 46.6 Å². The molecule has 6 nitrogen and oxygen atoms in total. The molecule has 3 aromatic rings. The highest BCUT2D eigenvalue weighted by molar-refractivity contribution is 6.42. The Morgan fingerprint density at radius 3 is 2.32 bits per heavy atom. The van der Waals surface area contributed by atoms with Crippen LogP contribution in [0.1, 0.15) is 31.4 Å². The first-order valence-electron chi connectivity index (χ1n) is 12.5. The zero-order chi connectivity index (χ0) is 25.9. The number of fused-ring (bicyclic) bond motifs is 1. The van der Waals surface area contributed by atoms with Crippen LogP contribution in [0.3, 0.4) is 0 Å². The lowest BCUT2D eigenvalue weighted by atomic mass is 10.00. The number of amides is 2. The monoisotopic (exact) mass is 537 g/mol. The standard InChI is InChI=1S/C29H29Cl2N3O3/c1-19(34-26-15-23(30)24(31)16-27(26)37-18-28(34)35)29(36)32-25(17-33-13-5-6-14-33)22-11-9-21(10-12-22)20-7-3-2-4-8-20/h2-4,7-12,15-16,19,25H,5-6,13-14,17-18H2,1H3,(H,32,36). The third-order valence-corrected chi connectivity index (χ3v) is 7.75. The highest BCUT2D eigenvalue weighted by atomic mass is 35.5. The third kappa shape index (κ3) is 5.61. The minimum Gasteiger partial charge on any atom is -0.482 e. The first-order chi connectivity index (χ1) is 17.9. The summed E-state index contributed by atoms with van der Waals surface area (Å²) in [6.07, 6.45) is 2.32. The van der Waals surface area contributed by atoms with Crippen LogP contribution in [0, 0.1) is 0 Å². The van der Waals surface area contributed by atoms with E-state index in [1.165, 1.54) is 4.90 Å². The van der Waals surface area contributed by atoms with Crippen LogP contribution >= 0.6 is 23.2 Å². The highest BCUT2D eigenvalue weighted by Crippen LogP contribution is 2.39. The summed E-state index contributed by atoms with van der Waals surface area (Å²) in [5.74, 6) is -0.126. The van der Waals surface area contributed by atoms with Crippen molar-refractivity contribution >= 4 is 40.7 Å². The van der Waals surface area contributed by atoms with Crippen LogP contribution < -0.4 is 15.0 Å². The van der Waals surface area contributed by atoms with Crippen LogP contribution in [0.25, 0.3) is 11.1 Å². The van der Waals surface area contributed by atoms with Gasteiger partial charge in [0.25, 0.3) is 5.91 Å². The Balaban J connectivity index is 1.38. The summed E-state index contributed by atoms with van der Waals surface area (Å²) in [5, 5.41) is 3.84. The van der Waals surface area contributed by atoms with E-state index in [0.29, 0.717) is 28.0 Å². The van der Waals surface area contributed by atoms with Gasteiger partial charge in [-0.3, -0.25) is 14.5 Å². The van der Waals surface area contributed by atoms with Crippen molar-refractivity contribution in [3.63, 3.8) is 0 Å². The van der Waals surface area contributed by atoms with Gasteiger partial charge in [-0.1, -0.05) is 77.8 Å². The molecule has 0 saturated carbocycles. The molecule has 0 bridgehead atoms. The molecular formula is C29H29Cl2N3O3. The number of nitrogens with one attached hydrogen (secondary N) is 1. The average molecular weight is 538 g/mol. The van der Waals surface area contributed by atoms with Crippen LogP contribution in [0.2, 0.25) is 10.0 Å². The zero-order valence-electron chi connectivity index (χ0n) is 20.6.